The van der Waals surface area contributed by atoms with Crippen molar-refractivity contribution in [1.82, 2.24) is 4.98 Å². The molecule has 1 nitrogen and oxygen atoms in total. The van der Waals surface area contributed by atoms with Gasteiger partial charge in [0.2, 0.25) is 0 Å². The molecule has 1 atom stereocenters. The molecular weight excluding hydrogens is 362 g/mol. The molecule has 30 heavy (non-hydrogen) atoms. The minimum atomic E-state index is 0.654. The molecule has 1 aromatic heterocycles. The van der Waals surface area contributed by atoms with E-state index in [-0.39, 0.29) is 0 Å². The second-order valence-electron chi connectivity index (χ2n) is 9.64. The van der Waals surface area contributed by atoms with Gasteiger partial charge in [-0.05, 0) is 42.7 Å². The van der Waals surface area contributed by atoms with Gasteiger partial charge in [-0.25, -0.2) is 0 Å². The highest BCUT2D eigenvalue weighted by Gasteiger charge is 2.23. The summed E-state index contributed by atoms with van der Waals surface area (Å²) >= 11 is 0. The van der Waals surface area contributed by atoms with Crippen molar-refractivity contribution < 1.29 is 0 Å². The van der Waals surface area contributed by atoms with Crippen LogP contribution in [0.5, 0.6) is 0 Å². The Labute approximate surface area is 187 Å². The van der Waals surface area contributed by atoms with Crippen molar-refractivity contribution >= 4 is 10.9 Å². The van der Waals surface area contributed by atoms with Gasteiger partial charge in [0.15, 0.2) is 0 Å². The van der Waals surface area contributed by atoms with E-state index < -0.39 is 0 Å². The third-order valence-electron chi connectivity index (χ3n) is 6.98. The molecule has 2 rings (SSSR count). The van der Waals surface area contributed by atoms with Crippen LogP contribution in [0.4, 0.5) is 0 Å². The second-order valence-corrected chi connectivity index (χ2v) is 9.64. The number of H-pyrrole nitrogens is 1. The molecule has 0 aliphatic heterocycles. The maximum atomic E-state index is 3.93. The van der Waals surface area contributed by atoms with Gasteiger partial charge in [0.05, 0.1) is 0 Å². The molecule has 0 spiro atoms. The van der Waals surface area contributed by atoms with Crippen LogP contribution in [-0.2, 0) is 0 Å². The van der Waals surface area contributed by atoms with Crippen LogP contribution in [0.3, 0.4) is 0 Å². The molecular formula is C29H49N. The third kappa shape index (κ3) is 7.78. The van der Waals surface area contributed by atoms with Gasteiger partial charge < -0.3 is 4.98 Å². The Morgan fingerprint density at radius 2 is 1.20 bits per heavy atom. The molecule has 0 saturated carbocycles. The van der Waals surface area contributed by atoms with Crippen LogP contribution in [0, 0.1) is 0 Å². The van der Waals surface area contributed by atoms with Crippen molar-refractivity contribution in [3.8, 4) is 0 Å². The molecule has 0 saturated heterocycles. The van der Waals surface area contributed by atoms with Crippen molar-refractivity contribution in [3.63, 3.8) is 0 Å². The number of fused-ring (bicyclic) bond motifs is 1. The number of nitrogens with one attached hydrogen (secondary N) is 1. The van der Waals surface area contributed by atoms with Crippen molar-refractivity contribution in [2.75, 3.05) is 0 Å². The highest BCUT2D eigenvalue weighted by molar-refractivity contribution is 5.85. The summed E-state index contributed by atoms with van der Waals surface area (Å²) in [6, 6.07) is 9.07. The van der Waals surface area contributed by atoms with Gasteiger partial charge in [-0.1, -0.05) is 123 Å². The fourth-order valence-corrected chi connectivity index (χ4v) is 5.13. The average molecular weight is 412 g/mol. The molecule has 0 bridgehead atoms. The van der Waals surface area contributed by atoms with Crippen LogP contribution in [0.15, 0.2) is 24.3 Å². The number of hydrogen-bond acceptors (Lipinski definition) is 0. The number of benzene rings is 1. The highest BCUT2D eigenvalue weighted by Crippen LogP contribution is 2.39. The van der Waals surface area contributed by atoms with E-state index >= 15 is 0 Å². The Hall–Kier alpha value is -1.24. The lowest BCUT2D eigenvalue weighted by Crippen LogP contribution is -2.06. The van der Waals surface area contributed by atoms with Gasteiger partial charge >= 0.3 is 0 Å². The zero-order chi connectivity index (χ0) is 21.6. The summed E-state index contributed by atoms with van der Waals surface area (Å²) in [5.74, 6) is 1.36. The van der Waals surface area contributed by atoms with Crippen LogP contribution in [0.2, 0.25) is 0 Å². The van der Waals surface area contributed by atoms with Gasteiger partial charge in [-0.2, -0.15) is 0 Å². The Balaban J connectivity index is 2.23. The van der Waals surface area contributed by atoms with Crippen molar-refractivity contribution in [2.45, 2.75) is 136 Å². The topological polar surface area (TPSA) is 15.8 Å². The molecule has 0 aliphatic carbocycles. The van der Waals surface area contributed by atoms with Crippen LogP contribution < -0.4 is 0 Å². The third-order valence-corrected chi connectivity index (χ3v) is 6.98. The van der Waals surface area contributed by atoms with Gasteiger partial charge in [-0.3, -0.25) is 0 Å². The predicted octanol–water partition coefficient (Wildman–Crippen LogP) is 10.3. The fraction of sp³-hybridized carbons (Fsp3) is 0.724. The van der Waals surface area contributed by atoms with Gasteiger partial charge in [-0.15, -0.1) is 0 Å². The summed E-state index contributed by atoms with van der Waals surface area (Å²) in [4.78, 5) is 3.93. The Bertz CT molecular complexity index is 671. The maximum Gasteiger partial charge on any atom is 0.0459 e. The quantitative estimate of drug-likeness (QED) is 0.249. The monoisotopic (exact) mass is 411 g/mol. The minimum Gasteiger partial charge on any atom is -0.358 e. The first kappa shape index (κ1) is 25.0. The Kier molecular flexibility index (Phi) is 12.3. The number of aromatic amines is 1. The summed E-state index contributed by atoms with van der Waals surface area (Å²) in [5, 5.41) is 1.49. The predicted molar refractivity (Wildman–Crippen MR) is 136 cm³/mol. The molecule has 2 aromatic rings. The number of unbranched alkanes of at least 4 members (excludes halogenated alkanes) is 9. The summed E-state index contributed by atoms with van der Waals surface area (Å²) in [7, 11) is 0. The zero-order valence-corrected chi connectivity index (χ0v) is 20.6. The molecule has 1 aromatic carbocycles. The van der Waals surface area contributed by atoms with Gasteiger partial charge in [0, 0.05) is 16.6 Å². The first-order chi connectivity index (χ1) is 14.7. The SMILES string of the molecule is CCCCCCC(C)c1c(C(CCCCCC)CCCCCC)[nH]c2ccccc12. The molecule has 0 radical (unpaired) electrons. The standard InChI is InChI=1S/C29H49N/c1-5-8-11-14-19-24(4)28-26-22-17-18-23-27(26)30-29(28)25(20-15-12-9-6-2)21-16-13-10-7-3/h17-18,22-25,30H,5-16,19-21H2,1-4H3. The van der Waals surface area contributed by atoms with Crippen molar-refractivity contribution in [2.24, 2.45) is 0 Å². The van der Waals surface area contributed by atoms with Crippen LogP contribution in [-0.4, -0.2) is 4.98 Å². The summed E-state index contributed by atoms with van der Waals surface area (Å²) in [6.07, 6.45) is 20.5. The summed E-state index contributed by atoms with van der Waals surface area (Å²) in [5.41, 5.74) is 4.60. The molecule has 1 unspecified atom stereocenters. The van der Waals surface area contributed by atoms with Gasteiger partial charge in [0.25, 0.3) is 0 Å². The average Bonchev–Trinajstić information content (AvgIpc) is 3.15. The Morgan fingerprint density at radius 3 is 1.77 bits per heavy atom. The first-order valence-electron chi connectivity index (χ1n) is 13.3. The number of rotatable bonds is 17. The van der Waals surface area contributed by atoms with E-state index in [0.29, 0.717) is 11.8 Å². The van der Waals surface area contributed by atoms with E-state index in [0.717, 1.165) is 0 Å². The molecule has 1 heterocycles. The second kappa shape index (κ2) is 14.7. The molecule has 0 fully saturated rings. The van der Waals surface area contributed by atoms with E-state index in [4.69, 9.17) is 0 Å². The normalized spacial score (nSPS) is 12.8. The molecule has 0 aliphatic rings. The molecule has 0 amide bonds. The van der Waals surface area contributed by atoms with E-state index in [1.807, 2.05) is 0 Å². The lowest BCUT2D eigenvalue weighted by molar-refractivity contribution is 0.483. The van der Waals surface area contributed by atoms with Crippen LogP contribution in [0.25, 0.3) is 10.9 Å². The summed E-state index contributed by atoms with van der Waals surface area (Å²) in [6.45, 7) is 9.43. The fourth-order valence-electron chi connectivity index (χ4n) is 5.13. The van der Waals surface area contributed by atoms with E-state index in [1.54, 1.807) is 11.3 Å². The molecule has 1 N–H and O–H groups in total. The maximum absolute atomic E-state index is 3.93. The number of hydrogen-bond donors (Lipinski definition) is 1. The number of aromatic nitrogens is 1. The molecule has 170 valence electrons. The first-order valence-corrected chi connectivity index (χ1v) is 13.3. The summed E-state index contributed by atoms with van der Waals surface area (Å²) < 4.78 is 0. The lowest BCUT2D eigenvalue weighted by Gasteiger charge is -2.21. The van der Waals surface area contributed by atoms with Crippen molar-refractivity contribution in [3.05, 3.63) is 35.5 Å². The minimum absolute atomic E-state index is 0.654. The highest BCUT2D eigenvalue weighted by atomic mass is 14.7. The zero-order valence-electron chi connectivity index (χ0n) is 20.6. The number of para-hydroxylation sites is 1. The van der Waals surface area contributed by atoms with Crippen LogP contribution in [0.1, 0.15) is 147 Å². The van der Waals surface area contributed by atoms with Gasteiger partial charge in [0.1, 0.15) is 0 Å². The van der Waals surface area contributed by atoms with E-state index in [1.165, 1.54) is 107 Å². The van der Waals surface area contributed by atoms with E-state index in [9.17, 15) is 0 Å². The van der Waals surface area contributed by atoms with Crippen LogP contribution >= 0.6 is 0 Å². The lowest BCUT2D eigenvalue weighted by atomic mass is 9.84. The van der Waals surface area contributed by atoms with Crippen molar-refractivity contribution in [1.29, 1.82) is 0 Å². The Morgan fingerprint density at radius 1 is 0.667 bits per heavy atom. The largest absolute Gasteiger partial charge is 0.358 e. The smallest absolute Gasteiger partial charge is 0.0459 e. The van der Waals surface area contributed by atoms with E-state index in [2.05, 4.69) is 56.9 Å². The molecule has 1 heteroatoms.